The molecule has 0 spiro atoms. The second-order valence-electron chi connectivity index (χ2n) is 8.14. The van der Waals surface area contributed by atoms with Crippen LogP contribution >= 0.6 is 0 Å². The van der Waals surface area contributed by atoms with Crippen molar-refractivity contribution in [2.24, 2.45) is 47.3 Å². The predicted octanol–water partition coefficient (Wildman–Crippen LogP) is 2.26. The van der Waals surface area contributed by atoms with Gasteiger partial charge in [-0.25, -0.2) is 0 Å². The first kappa shape index (κ1) is 9.97. The molecule has 102 valence electrons. The molecule has 2 aliphatic heterocycles. The Kier molecular flexibility index (Phi) is 1.36. The van der Waals surface area contributed by atoms with Crippen LogP contribution < -0.4 is 5.32 Å². The minimum absolute atomic E-state index is 0.0902. The van der Waals surface area contributed by atoms with Crippen molar-refractivity contribution in [3.63, 3.8) is 0 Å². The lowest BCUT2D eigenvalue weighted by atomic mass is 9.59. The van der Waals surface area contributed by atoms with Gasteiger partial charge in [0.05, 0.1) is 6.10 Å². The van der Waals surface area contributed by atoms with Crippen LogP contribution in [-0.2, 0) is 11.3 Å². The minimum Gasteiger partial charge on any atom is -0.356 e. The molecule has 1 aromatic carbocycles. The van der Waals surface area contributed by atoms with Gasteiger partial charge in [-0.1, -0.05) is 30.3 Å². The van der Waals surface area contributed by atoms with E-state index in [0.717, 1.165) is 53.9 Å². The first-order valence-electron chi connectivity index (χ1n) is 8.37. The Bertz CT molecular complexity index is 620. The van der Waals surface area contributed by atoms with E-state index in [1.807, 2.05) is 0 Å². The van der Waals surface area contributed by atoms with E-state index >= 15 is 0 Å². The fourth-order valence-electron chi connectivity index (χ4n) is 8.13. The van der Waals surface area contributed by atoms with Crippen LogP contribution in [0.15, 0.2) is 30.3 Å². The van der Waals surface area contributed by atoms with E-state index < -0.39 is 0 Å². The number of rotatable bonds is 3. The third-order valence-corrected chi connectivity index (χ3v) is 8.11. The number of nitrogens with one attached hydrogen (secondary N) is 1. The summed E-state index contributed by atoms with van der Waals surface area (Å²) < 4.78 is 6.67. The molecule has 2 nitrogen and oxygen atoms in total. The van der Waals surface area contributed by atoms with Crippen LogP contribution in [-0.4, -0.2) is 11.8 Å². The molecule has 6 unspecified atom stereocenters. The van der Waals surface area contributed by atoms with E-state index in [9.17, 15) is 0 Å². The van der Waals surface area contributed by atoms with E-state index in [1.54, 1.807) is 6.42 Å². The molecule has 1 N–H and O–H groups in total. The van der Waals surface area contributed by atoms with Gasteiger partial charge in [0, 0.05) is 18.4 Å². The van der Waals surface area contributed by atoms with Crippen molar-refractivity contribution in [1.82, 2.24) is 5.32 Å². The van der Waals surface area contributed by atoms with Crippen LogP contribution in [0, 0.1) is 47.3 Å². The summed E-state index contributed by atoms with van der Waals surface area (Å²) in [4.78, 5) is 0. The van der Waals surface area contributed by atoms with Crippen molar-refractivity contribution in [1.29, 1.82) is 0 Å². The molecule has 2 saturated heterocycles. The molecule has 2 heteroatoms. The van der Waals surface area contributed by atoms with E-state index in [4.69, 9.17) is 4.74 Å². The van der Waals surface area contributed by atoms with Crippen LogP contribution in [0.1, 0.15) is 12.0 Å². The molecule has 2 heterocycles. The lowest BCUT2D eigenvalue weighted by molar-refractivity contribution is -0.0591. The number of hydrogen-bond donors (Lipinski definition) is 1. The minimum atomic E-state index is 0.0902. The molecule has 5 saturated carbocycles. The number of ether oxygens (including phenoxy) is 1. The molecular weight excluding hydrogens is 246 g/mol. The third-order valence-electron chi connectivity index (χ3n) is 8.11. The average Bonchev–Trinajstić information content (AvgIpc) is 3.10. The summed E-state index contributed by atoms with van der Waals surface area (Å²) in [5, 5.41) is 3.92. The summed E-state index contributed by atoms with van der Waals surface area (Å²) in [6.45, 7) is 0.981. The van der Waals surface area contributed by atoms with Gasteiger partial charge in [-0.15, -0.1) is 0 Å². The Morgan fingerprint density at radius 2 is 1.90 bits per heavy atom. The number of benzene rings is 1. The Balaban J connectivity index is 1.29. The second-order valence-corrected chi connectivity index (χ2v) is 8.14. The highest BCUT2D eigenvalue weighted by Crippen LogP contribution is 2.89. The summed E-state index contributed by atoms with van der Waals surface area (Å²) in [6.07, 6.45) is 2.19. The van der Waals surface area contributed by atoms with Gasteiger partial charge in [0.1, 0.15) is 5.72 Å². The van der Waals surface area contributed by atoms with Crippen LogP contribution in [0.2, 0.25) is 0 Å². The Morgan fingerprint density at radius 3 is 2.80 bits per heavy atom. The predicted molar refractivity (Wildman–Crippen MR) is 73.4 cm³/mol. The summed E-state index contributed by atoms with van der Waals surface area (Å²) in [7, 11) is 0. The average molecular weight is 265 g/mol. The maximum Gasteiger partial charge on any atom is 0.126 e. The van der Waals surface area contributed by atoms with Crippen LogP contribution in [0.4, 0.5) is 0 Å². The molecule has 7 aliphatic rings. The van der Waals surface area contributed by atoms with Crippen molar-refractivity contribution in [2.45, 2.75) is 24.8 Å². The topological polar surface area (TPSA) is 21.3 Å². The first-order chi connectivity index (χ1) is 9.90. The highest BCUT2D eigenvalue weighted by atomic mass is 16.5. The normalized spacial score (nSPS) is 64.7. The van der Waals surface area contributed by atoms with E-state index in [-0.39, 0.29) is 5.72 Å². The van der Waals surface area contributed by atoms with Crippen LogP contribution in [0.5, 0.6) is 0 Å². The highest BCUT2D eigenvalue weighted by Gasteiger charge is 2.92. The smallest absolute Gasteiger partial charge is 0.126 e. The summed E-state index contributed by atoms with van der Waals surface area (Å²) >= 11 is 0. The van der Waals surface area contributed by atoms with Crippen molar-refractivity contribution < 1.29 is 4.74 Å². The van der Waals surface area contributed by atoms with Gasteiger partial charge in [0.25, 0.3) is 0 Å². The third kappa shape index (κ3) is 0.731. The monoisotopic (exact) mass is 265 g/mol. The van der Waals surface area contributed by atoms with Crippen LogP contribution in [0.3, 0.4) is 0 Å². The molecule has 7 fully saturated rings. The van der Waals surface area contributed by atoms with E-state index in [0.29, 0.717) is 6.10 Å². The fraction of sp³-hybridized carbons (Fsp3) is 0.667. The number of hydrogen-bond acceptors (Lipinski definition) is 2. The Hall–Kier alpha value is -0.860. The second kappa shape index (κ2) is 2.74. The van der Waals surface area contributed by atoms with Gasteiger partial charge in [0.15, 0.2) is 0 Å². The quantitative estimate of drug-likeness (QED) is 0.905. The fourth-order valence-corrected chi connectivity index (χ4v) is 8.13. The summed E-state index contributed by atoms with van der Waals surface area (Å²) in [5.41, 5.74) is 1.49. The zero-order valence-electron chi connectivity index (χ0n) is 11.4. The van der Waals surface area contributed by atoms with Gasteiger partial charge in [-0.3, -0.25) is 5.32 Å². The molecule has 0 radical (unpaired) electrons. The molecule has 4 bridgehead atoms. The molecular formula is C18H19NO. The zero-order valence-corrected chi connectivity index (χ0v) is 11.4. The summed E-state index contributed by atoms with van der Waals surface area (Å²) in [5.74, 6) is 7.83. The highest BCUT2D eigenvalue weighted by molar-refractivity contribution is 5.38. The molecule has 5 aliphatic carbocycles. The van der Waals surface area contributed by atoms with Gasteiger partial charge >= 0.3 is 0 Å². The molecule has 1 aromatic rings. The van der Waals surface area contributed by atoms with Crippen molar-refractivity contribution >= 4 is 0 Å². The van der Waals surface area contributed by atoms with Crippen molar-refractivity contribution in [2.75, 3.05) is 0 Å². The Labute approximate surface area is 118 Å². The molecule has 20 heavy (non-hydrogen) atoms. The standard InChI is InChI=1S/C18H19NO/c1-2-4-8(5-3-1)7-19-18-15-10-6-9-11-12(10)16(18)14(11)17(20-18)13(9)15/h1-5,9-17,19H,6-7H2/t9?,10?,11-,12?,13-,14-,15?,16?,17?,18+/m0/s1. The maximum absolute atomic E-state index is 6.67. The van der Waals surface area contributed by atoms with Gasteiger partial charge in [-0.05, 0) is 47.5 Å². The molecule has 10 atom stereocenters. The molecule has 8 rings (SSSR count). The SMILES string of the molecule is c1ccc(CN[C@]23OC4[C@H]5C6CC(C7C2[C@@H]4[C@H]76)C53)cc1. The van der Waals surface area contributed by atoms with Gasteiger partial charge in [0.2, 0.25) is 0 Å². The van der Waals surface area contributed by atoms with Gasteiger partial charge < -0.3 is 4.74 Å². The Morgan fingerprint density at radius 1 is 1.00 bits per heavy atom. The van der Waals surface area contributed by atoms with Gasteiger partial charge in [-0.2, -0.15) is 0 Å². The lowest BCUT2D eigenvalue weighted by Gasteiger charge is -2.46. The lowest BCUT2D eigenvalue weighted by Crippen LogP contribution is -2.56. The first-order valence-corrected chi connectivity index (χ1v) is 8.37. The van der Waals surface area contributed by atoms with E-state index in [1.165, 1.54) is 5.56 Å². The molecule has 0 aromatic heterocycles. The largest absolute Gasteiger partial charge is 0.356 e. The summed E-state index contributed by atoms with van der Waals surface area (Å²) in [6, 6.07) is 10.8. The maximum atomic E-state index is 6.67. The van der Waals surface area contributed by atoms with Crippen LogP contribution in [0.25, 0.3) is 0 Å². The van der Waals surface area contributed by atoms with E-state index in [2.05, 4.69) is 35.6 Å². The van der Waals surface area contributed by atoms with Crippen molar-refractivity contribution in [3.05, 3.63) is 35.9 Å². The zero-order chi connectivity index (χ0) is 12.6. The van der Waals surface area contributed by atoms with Crippen molar-refractivity contribution in [3.8, 4) is 0 Å². The molecule has 0 amide bonds.